The van der Waals surface area contributed by atoms with Gasteiger partial charge in [-0.15, -0.1) is 11.3 Å². The van der Waals surface area contributed by atoms with Crippen LogP contribution in [0.3, 0.4) is 0 Å². The number of carbonyl (C=O) groups excluding carboxylic acids is 1. The summed E-state index contributed by atoms with van der Waals surface area (Å²) in [5.74, 6) is 0.548. The van der Waals surface area contributed by atoms with Crippen molar-refractivity contribution < 1.29 is 13.2 Å². The van der Waals surface area contributed by atoms with E-state index >= 15 is 0 Å². The van der Waals surface area contributed by atoms with Crippen LogP contribution in [0.5, 0.6) is 0 Å². The molecule has 6 nitrogen and oxygen atoms in total. The van der Waals surface area contributed by atoms with E-state index in [-0.39, 0.29) is 17.6 Å². The molecule has 0 bridgehead atoms. The van der Waals surface area contributed by atoms with Gasteiger partial charge in [0, 0.05) is 41.5 Å². The van der Waals surface area contributed by atoms with Gasteiger partial charge < -0.3 is 5.32 Å². The number of hydrogen-bond donors (Lipinski definition) is 1. The van der Waals surface area contributed by atoms with Crippen LogP contribution in [0.4, 0.5) is 5.82 Å². The van der Waals surface area contributed by atoms with E-state index < -0.39 is 10.0 Å². The van der Waals surface area contributed by atoms with Crippen molar-refractivity contribution in [1.82, 2.24) is 9.29 Å². The van der Waals surface area contributed by atoms with Gasteiger partial charge in [-0.1, -0.05) is 44.2 Å². The lowest BCUT2D eigenvalue weighted by Crippen LogP contribution is -2.34. The van der Waals surface area contributed by atoms with Gasteiger partial charge in [0.2, 0.25) is 15.9 Å². The number of rotatable bonds is 9. The molecule has 8 heteroatoms. The maximum absolute atomic E-state index is 13.1. The van der Waals surface area contributed by atoms with Crippen LogP contribution < -0.4 is 5.32 Å². The predicted molar refractivity (Wildman–Crippen MR) is 126 cm³/mol. The summed E-state index contributed by atoms with van der Waals surface area (Å²) < 4.78 is 27.8. The molecule has 1 N–H and O–H groups in total. The lowest BCUT2D eigenvalue weighted by molar-refractivity contribution is -0.114. The Morgan fingerprint density at radius 3 is 2.45 bits per heavy atom. The Balaban J connectivity index is 1.76. The first kappa shape index (κ1) is 23.1. The van der Waals surface area contributed by atoms with Gasteiger partial charge in [0.15, 0.2) is 0 Å². The number of anilines is 1. The first-order valence-electron chi connectivity index (χ1n) is 10.1. The molecule has 0 unspecified atom stereocenters. The summed E-state index contributed by atoms with van der Waals surface area (Å²) >= 11 is 1.55. The molecule has 3 rings (SSSR count). The van der Waals surface area contributed by atoms with Crippen molar-refractivity contribution >= 4 is 33.1 Å². The fourth-order valence-electron chi connectivity index (χ4n) is 3.15. The highest BCUT2D eigenvalue weighted by molar-refractivity contribution is 7.88. The lowest BCUT2D eigenvalue weighted by atomic mass is 10.2. The number of carbonyl (C=O) groups is 1. The topological polar surface area (TPSA) is 79.4 Å². The highest BCUT2D eigenvalue weighted by Gasteiger charge is 2.24. The van der Waals surface area contributed by atoms with Gasteiger partial charge in [-0.25, -0.2) is 13.4 Å². The normalized spacial score (nSPS) is 11.8. The molecule has 2 heterocycles. The summed E-state index contributed by atoms with van der Waals surface area (Å²) in [6, 6.07) is 16.9. The van der Waals surface area contributed by atoms with E-state index in [1.807, 2.05) is 62.4 Å². The molecule has 164 valence electrons. The summed E-state index contributed by atoms with van der Waals surface area (Å²) in [4.78, 5) is 17.4. The lowest BCUT2D eigenvalue weighted by Gasteiger charge is -2.23. The zero-order valence-corrected chi connectivity index (χ0v) is 19.5. The number of nitrogens with zero attached hydrogens (tertiary/aromatic N) is 2. The van der Waals surface area contributed by atoms with Crippen molar-refractivity contribution in [3.63, 3.8) is 0 Å². The minimum absolute atomic E-state index is 0.00662. The minimum atomic E-state index is -3.45. The quantitative estimate of drug-likeness (QED) is 0.503. The van der Waals surface area contributed by atoms with Gasteiger partial charge in [0.05, 0.1) is 5.75 Å². The molecule has 2 aromatic heterocycles. The molecule has 0 radical (unpaired) electrons. The Kier molecular flexibility index (Phi) is 7.59. The van der Waals surface area contributed by atoms with Crippen molar-refractivity contribution in [2.75, 3.05) is 11.9 Å². The monoisotopic (exact) mass is 457 g/mol. The van der Waals surface area contributed by atoms with E-state index in [9.17, 15) is 13.2 Å². The summed E-state index contributed by atoms with van der Waals surface area (Å²) in [7, 11) is -3.45. The first-order valence-corrected chi connectivity index (χ1v) is 12.5. The smallest absolute Gasteiger partial charge is 0.222 e. The van der Waals surface area contributed by atoms with E-state index in [1.165, 1.54) is 6.92 Å². The van der Waals surface area contributed by atoms with Crippen LogP contribution in [0.2, 0.25) is 0 Å². The number of nitrogens with one attached hydrogen (secondary N) is 1. The maximum Gasteiger partial charge on any atom is 0.222 e. The fourth-order valence-corrected chi connectivity index (χ4v) is 5.90. The van der Waals surface area contributed by atoms with Crippen molar-refractivity contribution in [1.29, 1.82) is 0 Å². The number of benzene rings is 1. The molecule has 1 aromatic carbocycles. The third-order valence-corrected chi connectivity index (χ3v) is 7.38. The predicted octanol–water partition coefficient (Wildman–Crippen LogP) is 4.76. The van der Waals surface area contributed by atoms with Gasteiger partial charge in [0.25, 0.3) is 0 Å². The number of amides is 1. The standard InChI is InChI=1S/C23H27N3O3S2/c1-17(2)14-26(31(28,29)16-19-7-5-4-6-8-19)15-21-10-11-22(30-21)20-9-12-23(24-13-20)25-18(3)27/h4-13,17H,14-16H2,1-3H3,(H,24,25,27). The maximum atomic E-state index is 13.1. The molecule has 0 saturated carbocycles. The van der Waals surface area contributed by atoms with E-state index in [1.54, 1.807) is 27.9 Å². The highest BCUT2D eigenvalue weighted by atomic mass is 32.2. The Bertz CT molecular complexity index is 1110. The third-order valence-electron chi connectivity index (χ3n) is 4.50. The Morgan fingerprint density at radius 2 is 1.84 bits per heavy atom. The summed E-state index contributed by atoms with van der Waals surface area (Å²) in [6.07, 6.45) is 1.71. The number of thiophene rings is 1. The van der Waals surface area contributed by atoms with Gasteiger partial charge in [-0.2, -0.15) is 4.31 Å². The van der Waals surface area contributed by atoms with Crippen molar-refractivity contribution in [3.05, 3.63) is 71.2 Å². The fraction of sp³-hybridized carbons (Fsp3) is 0.304. The second kappa shape index (κ2) is 10.2. The van der Waals surface area contributed by atoms with Gasteiger partial charge in [0.1, 0.15) is 5.82 Å². The van der Waals surface area contributed by atoms with E-state index in [0.29, 0.717) is 18.9 Å². The van der Waals surface area contributed by atoms with Crippen LogP contribution in [0.15, 0.2) is 60.8 Å². The van der Waals surface area contributed by atoms with Gasteiger partial charge in [-0.3, -0.25) is 4.79 Å². The number of sulfonamides is 1. The molecule has 0 atom stereocenters. The molecule has 3 aromatic rings. The molecular formula is C23H27N3O3S2. The van der Waals surface area contributed by atoms with Crippen LogP contribution in [0, 0.1) is 5.92 Å². The third kappa shape index (κ3) is 6.72. The average Bonchev–Trinajstić information content (AvgIpc) is 3.16. The van der Waals surface area contributed by atoms with Gasteiger partial charge >= 0.3 is 0 Å². The van der Waals surface area contributed by atoms with Crippen molar-refractivity contribution in [3.8, 4) is 10.4 Å². The molecule has 0 aliphatic heterocycles. The van der Waals surface area contributed by atoms with Gasteiger partial charge in [-0.05, 0) is 35.7 Å². The highest BCUT2D eigenvalue weighted by Crippen LogP contribution is 2.30. The molecule has 1 amide bonds. The van der Waals surface area contributed by atoms with Crippen LogP contribution in [0.1, 0.15) is 31.2 Å². The summed E-state index contributed by atoms with van der Waals surface area (Å²) in [6.45, 7) is 6.29. The molecular weight excluding hydrogens is 430 g/mol. The van der Waals surface area contributed by atoms with Crippen LogP contribution in [-0.4, -0.2) is 30.2 Å². The molecule has 31 heavy (non-hydrogen) atoms. The first-order chi connectivity index (χ1) is 14.7. The SMILES string of the molecule is CC(=O)Nc1ccc(-c2ccc(CN(CC(C)C)S(=O)(=O)Cc3ccccc3)s2)cn1. The second-order valence-corrected chi connectivity index (χ2v) is 10.9. The van der Waals surface area contributed by atoms with Crippen LogP contribution >= 0.6 is 11.3 Å². The van der Waals surface area contributed by atoms with E-state index in [2.05, 4.69) is 10.3 Å². The Labute approximate surface area is 188 Å². The Hall–Kier alpha value is -2.55. The van der Waals surface area contributed by atoms with E-state index in [4.69, 9.17) is 0 Å². The minimum Gasteiger partial charge on any atom is -0.311 e. The number of aromatic nitrogens is 1. The van der Waals surface area contributed by atoms with Crippen LogP contribution in [0.25, 0.3) is 10.4 Å². The number of pyridine rings is 1. The van der Waals surface area contributed by atoms with Crippen LogP contribution in [-0.2, 0) is 27.1 Å². The largest absolute Gasteiger partial charge is 0.311 e. The molecule has 0 spiro atoms. The molecule has 0 aliphatic carbocycles. The molecule has 0 aliphatic rings. The van der Waals surface area contributed by atoms with Crippen molar-refractivity contribution in [2.24, 2.45) is 5.92 Å². The molecule has 0 saturated heterocycles. The zero-order chi connectivity index (χ0) is 22.4. The Morgan fingerprint density at radius 1 is 1.10 bits per heavy atom. The zero-order valence-electron chi connectivity index (χ0n) is 17.9. The second-order valence-electron chi connectivity index (χ2n) is 7.81. The summed E-state index contributed by atoms with van der Waals surface area (Å²) in [5.41, 5.74) is 1.71. The average molecular weight is 458 g/mol. The molecule has 0 fully saturated rings. The van der Waals surface area contributed by atoms with E-state index in [0.717, 1.165) is 20.9 Å². The van der Waals surface area contributed by atoms with Crippen molar-refractivity contribution in [2.45, 2.75) is 33.1 Å². The summed E-state index contributed by atoms with van der Waals surface area (Å²) in [5, 5.41) is 2.65. The number of hydrogen-bond acceptors (Lipinski definition) is 5.